The molecule has 5 rings (SSSR count). The minimum absolute atomic E-state index is 0.0621. The van der Waals surface area contributed by atoms with Gasteiger partial charge in [0, 0.05) is 12.0 Å². The van der Waals surface area contributed by atoms with E-state index in [4.69, 9.17) is 4.74 Å². The van der Waals surface area contributed by atoms with Crippen LogP contribution < -0.4 is 10.2 Å². The number of nitrogens with zero attached hydrogens (tertiary/aromatic N) is 1. The van der Waals surface area contributed by atoms with Crippen molar-refractivity contribution in [1.82, 2.24) is 5.43 Å². The summed E-state index contributed by atoms with van der Waals surface area (Å²) >= 11 is 0. The molecule has 4 bridgehead atoms. The van der Waals surface area contributed by atoms with E-state index in [1.54, 1.807) is 6.21 Å². The van der Waals surface area contributed by atoms with Crippen molar-refractivity contribution < 1.29 is 9.53 Å². The van der Waals surface area contributed by atoms with E-state index in [0.717, 1.165) is 29.1 Å². The lowest BCUT2D eigenvalue weighted by Crippen LogP contribution is -2.47. The van der Waals surface area contributed by atoms with Crippen LogP contribution in [0.2, 0.25) is 0 Å². The lowest BCUT2D eigenvalue weighted by molar-refractivity contribution is -0.129. The van der Waals surface area contributed by atoms with Gasteiger partial charge in [0.2, 0.25) is 5.91 Å². The summed E-state index contributed by atoms with van der Waals surface area (Å²) in [6.45, 7) is 2.57. The van der Waals surface area contributed by atoms with Crippen LogP contribution >= 0.6 is 0 Å². The van der Waals surface area contributed by atoms with Gasteiger partial charge in [0.15, 0.2) is 0 Å². The van der Waals surface area contributed by atoms with Gasteiger partial charge in [0.25, 0.3) is 0 Å². The highest BCUT2D eigenvalue weighted by atomic mass is 16.5. The third kappa shape index (κ3) is 3.58. The zero-order chi connectivity index (χ0) is 17.3. The number of ether oxygens (including phenoxy) is 1. The van der Waals surface area contributed by atoms with Crippen molar-refractivity contribution in [2.24, 2.45) is 28.3 Å². The number of nitrogens with one attached hydrogen (secondary N) is 1. The van der Waals surface area contributed by atoms with E-state index in [1.807, 2.05) is 31.2 Å². The van der Waals surface area contributed by atoms with E-state index in [9.17, 15) is 4.79 Å². The Hall–Kier alpha value is -1.84. The number of rotatable bonds is 6. The first kappa shape index (κ1) is 16.6. The molecule has 0 aromatic heterocycles. The van der Waals surface area contributed by atoms with Gasteiger partial charge in [-0.1, -0.05) is 12.1 Å². The lowest BCUT2D eigenvalue weighted by atomic mass is 9.49. The third-order valence-corrected chi connectivity index (χ3v) is 6.31. The first-order valence-electron chi connectivity index (χ1n) is 9.69. The molecule has 1 N–H and O–H groups in total. The van der Waals surface area contributed by atoms with Gasteiger partial charge in [-0.15, -0.1) is 0 Å². The van der Waals surface area contributed by atoms with Crippen molar-refractivity contribution in [3.05, 3.63) is 29.8 Å². The van der Waals surface area contributed by atoms with Gasteiger partial charge in [0.05, 0.1) is 12.8 Å². The smallest absolute Gasteiger partial charge is 0.240 e. The first-order chi connectivity index (χ1) is 12.2. The first-order valence-corrected chi connectivity index (χ1v) is 9.69. The molecule has 4 fully saturated rings. The van der Waals surface area contributed by atoms with E-state index in [2.05, 4.69) is 10.5 Å². The molecule has 25 heavy (non-hydrogen) atoms. The second kappa shape index (κ2) is 6.81. The van der Waals surface area contributed by atoms with Crippen molar-refractivity contribution >= 4 is 12.1 Å². The van der Waals surface area contributed by atoms with Crippen LogP contribution in [0.15, 0.2) is 29.4 Å². The molecule has 0 aliphatic heterocycles. The zero-order valence-electron chi connectivity index (χ0n) is 15.0. The summed E-state index contributed by atoms with van der Waals surface area (Å²) in [4.78, 5) is 12.5. The molecule has 1 aromatic rings. The van der Waals surface area contributed by atoms with Crippen molar-refractivity contribution in [2.45, 2.75) is 51.9 Å². The van der Waals surface area contributed by atoms with E-state index in [-0.39, 0.29) is 11.3 Å². The van der Waals surface area contributed by atoms with Crippen LogP contribution in [0.4, 0.5) is 0 Å². The van der Waals surface area contributed by atoms with Gasteiger partial charge in [-0.3, -0.25) is 4.79 Å². The minimum atomic E-state index is 0.0621. The normalized spacial score (nSPS) is 32.9. The third-order valence-electron chi connectivity index (χ3n) is 6.31. The highest BCUT2D eigenvalue weighted by Gasteiger charge is 2.51. The highest BCUT2D eigenvalue weighted by Crippen LogP contribution is 2.61. The predicted octanol–water partition coefficient (Wildman–Crippen LogP) is 4.14. The summed E-state index contributed by atoms with van der Waals surface area (Å²) in [5.41, 5.74) is 3.90. The maximum absolute atomic E-state index is 12.5. The summed E-state index contributed by atoms with van der Waals surface area (Å²) in [6, 6.07) is 7.75. The second-order valence-electron chi connectivity index (χ2n) is 8.36. The van der Waals surface area contributed by atoms with E-state index in [1.165, 1.54) is 38.5 Å². The van der Waals surface area contributed by atoms with Crippen LogP contribution in [-0.2, 0) is 4.79 Å². The Kier molecular flexibility index (Phi) is 4.53. The number of hydrogen-bond acceptors (Lipinski definition) is 3. The molecule has 4 nitrogen and oxygen atoms in total. The molecule has 4 aliphatic carbocycles. The van der Waals surface area contributed by atoms with Crippen LogP contribution in [0, 0.1) is 23.2 Å². The van der Waals surface area contributed by atoms with Gasteiger partial charge in [0.1, 0.15) is 5.75 Å². The van der Waals surface area contributed by atoms with E-state index in [0.29, 0.717) is 13.0 Å². The molecule has 0 saturated heterocycles. The van der Waals surface area contributed by atoms with Crippen molar-refractivity contribution in [1.29, 1.82) is 0 Å². The average Bonchev–Trinajstić information content (AvgIpc) is 2.55. The maximum atomic E-state index is 12.5. The number of hydrogen-bond donors (Lipinski definition) is 1. The number of para-hydroxylation sites is 1. The fraction of sp³-hybridized carbons (Fsp3) is 0.619. The minimum Gasteiger partial charge on any atom is -0.493 e. The fourth-order valence-corrected chi connectivity index (χ4v) is 5.93. The Balaban J connectivity index is 1.35. The SMILES string of the molecule is CCOc1ccccc1/C=N\NC(=O)CC12CC3CC(CC(C3)C1)C2. The summed E-state index contributed by atoms with van der Waals surface area (Å²) in [7, 11) is 0. The number of carbonyl (C=O) groups excluding carboxylic acids is 1. The molecule has 4 saturated carbocycles. The Morgan fingerprint density at radius 3 is 2.48 bits per heavy atom. The number of amides is 1. The van der Waals surface area contributed by atoms with Gasteiger partial charge >= 0.3 is 0 Å². The van der Waals surface area contributed by atoms with Crippen LogP contribution in [0.3, 0.4) is 0 Å². The number of carbonyl (C=O) groups is 1. The molecule has 1 aromatic carbocycles. The predicted molar refractivity (Wildman–Crippen MR) is 98.6 cm³/mol. The standard InChI is InChI=1S/C21H28N2O2/c1-2-25-19-6-4-3-5-18(19)14-22-23-20(24)13-21-10-15-7-16(11-21)9-17(8-15)12-21/h3-6,14-17H,2,7-13H2,1H3,(H,23,24)/b22-14-. The van der Waals surface area contributed by atoms with Crippen LogP contribution in [0.25, 0.3) is 0 Å². The van der Waals surface area contributed by atoms with Gasteiger partial charge in [-0.2, -0.15) is 5.10 Å². The Morgan fingerprint density at radius 1 is 1.20 bits per heavy atom. The molecule has 1 amide bonds. The van der Waals surface area contributed by atoms with E-state index < -0.39 is 0 Å². The summed E-state index contributed by atoms with van der Waals surface area (Å²) in [5.74, 6) is 3.48. The molecular formula is C21H28N2O2. The number of hydrazone groups is 1. The Labute approximate surface area is 150 Å². The summed E-state index contributed by atoms with van der Waals surface area (Å²) in [5, 5.41) is 4.18. The van der Waals surface area contributed by atoms with Crippen LogP contribution in [0.5, 0.6) is 5.75 Å². The molecule has 0 unspecified atom stereocenters. The summed E-state index contributed by atoms with van der Waals surface area (Å²) < 4.78 is 5.58. The highest BCUT2D eigenvalue weighted by molar-refractivity contribution is 5.85. The monoisotopic (exact) mass is 340 g/mol. The van der Waals surface area contributed by atoms with Crippen molar-refractivity contribution in [3.63, 3.8) is 0 Å². The molecule has 0 atom stereocenters. The largest absolute Gasteiger partial charge is 0.493 e. The molecular weight excluding hydrogens is 312 g/mol. The maximum Gasteiger partial charge on any atom is 0.240 e. The molecule has 4 aliphatic rings. The topological polar surface area (TPSA) is 50.7 Å². The number of benzene rings is 1. The molecule has 134 valence electrons. The van der Waals surface area contributed by atoms with Gasteiger partial charge in [-0.25, -0.2) is 5.43 Å². The second-order valence-corrected chi connectivity index (χ2v) is 8.36. The molecule has 0 heterocycles. The van der Waals surface area contributed by atoms with Crippen LogP contribution in [-0.4, -0.2) is 18.7 Å². The quantitative estimate of drug-likeness (QED) is 0.625. The van der Waals surface area contributed by atoms with Crippen molar-refractivity contribution in [2.75, 3.05) is 6.61 Å². The molecule has 4 heteroatoms. The van der Waals surface area contributed by atoms with E-state index >= 15 is 0 Å². The molecule has 0 spiro atoms. The summed E-state index contributed by atoms with van der Waals surface area (Å²) in [6.07, 6.45) is 10.3. The zero-order valence-corrected chi connectivity index (χ0v) is 15.0. The van der Waals surface area contributed by atoms with Crippen molar-refractivity contribution in [3.8, 4) is 5.75 Å². The van der Waals surface area contributed by atoms with Crippen LogP contribution in [0.1, 0.15) is 57.4 Å². The average molecular weight is 340 g/mol. The van der Waals surface area contributed by atoms with Gasteiger partial charge < -0.3 is 4.74 Å². The lowest BCUT2D eigenvalue weighted by Gasteiger charge is -2.56. The Bertz CT molecular complexity index is 632. The fourth-order valence-electron chi connectivity index (χ4n) is 5.93. The Morgan fingerprint density at radius 2 is 1.84 bits per heavy atom. The molecule has 0 radical (unpaired) electrons. The van der Waals surface area contributed by atoms with Gasteiger partial charge in [-0.05, 0) is 80.8 Å².